The number of benzene rings is 3. The van der Waals surface area contributed by atoms with Gasteiger partial charge in [0.15, 0.2) is 0 Å². The third kappa shape index (κ3) is 12.5. The first kappa shape index (κ1) is 33.0. The Bertz CT molecular complexity index is 1150. The summed E-state index contributed by atoms with van der Waals surface area (Å²) in [6.45, 7) is 9.79. The lowest BCUT2D eigenvalue weighted by molar-refractivity contribution is 0.0734. The van der Waals surface area contributed by atoms with E-state index in [4.69, 9.17) is 14.2 Å². The van der Waals surface area contributed by atoms with Gasteiger partial charge in [0.1, 0.15) is 17.2 Å². The van der Waals surface area contributed by atoms with Crippen molar-refractivity contribution in [1.29, 1.82) is 0 Å². The first-order chi connectivity index (χ1) is 20.6. The Morgan fingerprint density at radius 3 is 1.71 bits per heavy atom. The fourth-order valence-corrected chi connectivity index (χ4v) is 4.77. The summed E-state index contributed by atoms with van der Waals surface area (Å²) in [5.41, 5.74) is 2.63. The first-order valence-electron chi connectivity index (χ1n) is 16.0. The van der Waals surface area contributed by atoms with E-state index in [-0.39, 0.29) is 5.97 Å². The van der Waals surface area contributed by atoms with Gasteiger partial charge in [-0.05, 0) is 91.3 Å². The number of carbonyl (C=O) groups is 1. The average Bonchev–Trinajstić information content (AvgIpc) is 3.03. The van der Waals surface area contributed by atoms with Crippen LogP contribution in [0.25, 0.3) is 11.1 Å². The monoisotopic (exact) mass is 570 g/mol. The molecule has 0 aliphatic heterocycles. The molecule has 0 spiro atoms. The van der Waals surface area contributed by atoms with E-state index in [2.05, 4.69) is 32.6 Å². The average molecular weight is 571 g/mol. The number of carbonyl (C=O) groups excluding carboxylic acids is 1. The number of rotatable bonds is 21. The van der Waals surface area contributed by atoms with Crippen molar-refractivity contribution in [1.82, 2.24) is 0 Å². The molecule has 0 aliphatic rings. The van der Waals surface area contributed by atoms with Crippen LogP contribution in [0, 0.1) is 5.92 Å². The molecule has 1 unspecified atom stereocenters. The van der Waals surface area contributed by atoms with Crippen molar-refractivity contribution in [3.8, 4) is 28.4 Å². The molecule has 3 aromatic rings. The minimum atomic E-state index is -0.378. The minimum Gasteiger partial charge on any atom is -0.494 e. The lowest BCUT2D eigenvalue weighted by Gasteiger charge is -2.10. The molecule has 3 rings (SSSR count). The van der Waals surface area contributed by atoms with Gasteiger partial charge in [0.2, 0.25) is 0 Å². The molecule has 0 bridgehead atoms. The third-order valence-corrected chi connectivity index (χ3v) is 7.72. The molecule has 0 amide bonds. The van der Waals surface area contributed by atoms with Crippen molar-refractivity contribution in [2.24, 2.45) is 5.92 Å². The van der Waals surface area contributed by atoms with Crippen LogP contribution in [0.15, 0.2) is 85.5 Å². The number of allylic oxidation sites excluding steroid dienone is 1. The number of hydrogen-bond donors (Lipinski definition) is 0. The lowest BCUT2D eigenvalue weighted by atomic mass is 10.0. The van der Waals surface area contributed by atoms with Crippen molar-refractivity contribution in [2.45, 2.75) is 90.9 Å². The zero-order valence-electron chi connectivity index (χ0n) is 25.8. The molecule has 3 aromatic carbocycles. The summed E-state index contributed by atoms with van der Waals surface area (Å²) in [7, 11) is 0. The maximum Gasteiger partial charge on any atom is 0.343 e. The number of ether oxygens (including phenoxy) is 3. The quantitative estimate of drug-likeness (QED) is 0.0553. The van der Waals surface area contributed by atoms with Crippen molar-refractivity contribution in [2.75, 3.05) is 13.2 Å². The Kier molecular flexibility index (Phi) is 15.4. The number of esters is 1. The highest BCUT2D eigenvalue weighted by Crippen LogP contribution is 2.24. The summed E-state index contributed by atoms with van der Waals surface area (Å²) >= 11 is 0. The highest BCUT2D eigenvalue weighted by Gasteiger charge is 2.10. The summed E-state index contributed by atoms with van der Waals surface area (Å²) in [4.78, 5) is 12.7. The molecule has 0 aromatic heterocycles. The molecule has 4 nitrogen and oxygen atoms in total. The molecule has 0 radical (unpaired) electrons. The Hall–Kier alpha value is -3.53. The van der Waals surface area contributed by atoms with E-state index in [1.807, 2.05) is 42.5 Å². The van der Waals surface area contributed by atoms with Gasteiger partial charge in [0.25, 0.3) is 0 Å². The third-order valence-electron chi connectivity index (χ3n) is 7.72. The number of hydrogen-bond acceptors (Lipinski definition) is 4. The fraction of sp³-hybridized carbons (Fsp3) is 0.447. The predicted octanol–water partition coefficient (Wildman–Crippen LogP) is 10.9. The Labute approximate surface area is 254 Å². The summed E-state index contributed by atoms with van der Waals surface area (Å²) in [5.74, 6) is 2.62. The summed E-state index contributed by atoms with van der Waals surface area (Å²) in [5, 5.41) is 0. The van der Waals surface area contributed by atoms with Gasteiger partial charge in [-0.3, -0.25) is 0 Å². The van der Waals surface area contributed by atoms with Gasteiger partial charge < -0.3 is 14.2 Å². The zero-order chi connectivity index (χ0) is 29.8. The van der Waals surface area contributed by atoms with Crippen LogP contribution in [0.3, 0.4) is 0 Å². The minimum absolute atomic E-state index is 0.378. The molecule has 0 aliphatic carbocycles. The first-order valence-corrected chi connectivity index (χ1v) is 16.0. The molecular weight excluding hydrogens is 520 g/mol. The SMILES string of the molecule is C=CCCCCCCCCOc1ccc(-c2ccc(C(=O)Oc3ccc(OCCCCCC(C)CC)cc3)cc2)cc1. The van der Waals surface area contributed by atoms with Crippen LogP contribution in [0.5, 0.6) is 17.2 Å². The van der Waals surface area contributed by atoms with E-state index in [9.17, 15) is 4.79 Å². The van der Waals surface area contributed by atoms with Crippen LogP contribution >= 0.6 is 0 Å². The maximum absolute atomic E-state index is 12.7. The van der Waals surface area contributed by atoms with Gasteiger partial charge >= 0.3 is 5.97 Å². The smallest absolute Gasteiger partial charge is 0.343 e. The highest BCUT2D eigenvalue weighted by molar-refractivity contribution is 5.91. The fourth-order valence-electron chi connectivity index (χ4n) is 4.77. The second-order valence-corrected chi connectivity index (χ2v) is 11.2. The Morgan fingerprint density at radius 2 is 1.14 bits per heavy atom. The molecule has 0 fully saturated rings. The van der Waals surface area contributed by atoms with E-state index in [0.29, 0.717) is 17.9 Å². The summed E-state index contributed by atoms with van der Waals surface area (Å²) in [6.07, 6.45) is 16.6. The zero-order valence-corrected chi connectivity index (χ0v) is 25.8. The molecule has 0 saturated carbocycles. The summed E-state index contributed by atoms with van der Waals surface area (Å²) < 4.78 is 17.3. The van der Waals surface area contributed by atoms with Crippen molar-refractivity contribution in [3.63, 3.8) is 0 Å². The van der Waals surface area contributed by atoms with Crippen LogP contribution in [-0.4, -0.2) is 19.2 Å². The standard InChI is InChI=1S/C38H50O4/c1-4-6-7-8-9-10-11-14-29-40-35-23-21-33(22-24-35)32-17-19-34(20-18-32)38(39)42-37-27-25-36(26-28-37)41-30-15-12-13-16-31(3)5-2/h4,17-28,31H,1,5-16,29-30H2,2-3H3. The van der Waals surface area contributed by atoms with E-state index in [1.165, 1.54) is 57.8 Å². The van der Waals surface area contributed by atoms with Crippen LogP contribution < -0.4 is 14.2 Å². The Morgan fingerprint density at radius 1 is 0.667 bits per heavy atom. The van der Waals surface area contributed by atoms with Crippen LogP contribution in [-0.2, 0) is 0 Å². The van der Waals surface area contributed by atoms with Crippen LogP contribution in [0.2, 0.25) is 0 Å². The molecule has 42 heavy (non-hydrogen) atoms. The Balaban J connectivity index is 1.35. The van der Waals surface area contributed by atoms with Gasteiger partial charge in [-0.2, -0.15) is 0 Å². The van der Waals surface area contributed by atoms with Crippen molar-refractivity contribution >= 4 is 5.97 Å². The van der Waals surface area contributed by atoms with Gasteiger partial charge in [-0.25, -0.2) is 4.79 Å². The molecular formula is C38H50O4. The summed E-state index contributed by atoms with van der Waals surface area (Å²) in [6, 6.07) is 22.9. The van der Waals surface area contributed by atoms with E-state index in [0.717, 1.165) is 54.4 Å². The van der Waals surface area contributed by atoms with Crippen LogP contribution in [0.4, 0.5) is 0 Å². The van der Waals surface area contributed by atoms with Crippen LogP contribution in [0.1, 0.15) is 101 Å². The molecule has 0 heterocycles. The van der Waals surface area contributed by atoms with Crippen molar-refractivity contribution in [3.05, 3.63) is 91.0 Å². The van der Waals surface area contributed by atoms with Gasteiger partial charge in [0.05, 0.1) is 18.8 Å². The van der Waals surface area contributed by atoms with Crippen molar-refractivity contribution < 1.29 is 19.0 Å². The van der Waals surface area contributed by atoms with Gasteiger partial charge in [-0.1, -0.05) is 95.6 Å². The second kappa shape index (κ2) is 19.6. The van der Waals surface area contributed by atoms with E-state index < -0.39 is 0 Å². The molecule has 0 saturated heterocycles. The van der Waals surface area contributed by atoms with Gasteiger partial charge in [-0.15, -0.1) is 6.58 Å². The number of unbranched alkanes of at least 4 members (excludes halogenated alkanes) is 8. The van der Waals surface area contributed by atoms with Gasteiger partial charge in [0, 0.05) is 0 Å². The highest BCUT2D eigenvalue weighted by atomic mass is 16.5. The molecule has 0 N–H and O–H groups in total. The molecule has 226 valence electrons. The topological polar surface area (TPSA) is 44.8 Å². The largest absolute Gasteiger partial charge is 0.494 e. The van der Waals surface area contributed by atoms with E-state index >= 15 is 0 Å². The normalized spacial score (nSPS) is 11.6. The lowest BCUT2D eigenvalue weighted by Crippen LogP contribution is -2.08. The molecule has 4 heteroatoms. The van der Waals surface area contributed by atoms with E-state index in [1.54, 1.807) is 24.3 Å². The second-order valence-electron chi connectivity index (χ2n) is 11.2. The predicted molar refractivity (Wildman–Crippen MR) is 175 cm³/mol. The maximum atomic E-state index is 12.7. The molecule has 1 atom stereocenters.